The van der Waals surface area contributed by atoms with Crippen LogP contribution in [0.4, 0.5) is 5.69 Å². The molecule has 0 saturated heterocycles. The smallest absolute Gasteiger partial charge is 0.257 e. The monoisotopic (exact) mass is 331 g/mol. The molecular weight excluding hydrogens is 310 g/mol. The lowest BCUT2D eigenvalue weighted by atomic mass is 10.0. The van der Waals surface area contributed by atoms with Crippen molar-refractivity contribution < 1.29 is 13.2 Å². The molecule has 5 heteroatoms. The molecule has 23 heavy (non-hydrogen) atoms. The van der Waals surface area contributed by atoms with Gasteiger partial charge in [0.05, 0.1) is 10.5 Å². The van der Waals surface area contributed by atoms with Crippen LogP contribution in [0.25, 0.3) is 0 Å². The highest BCUT2D eigenvalue weighted by atomic mass is 32.2. The summed E-state index contributed by atoms with van der Waals surface area (Å²) in [5.41, 5.74) is 3.03. The maximum atomic E-state index is 12.6. The van der Waals surface area contributed by atoms with Gasteiger partial charge in [-0.25, -0.2) is 8.42 Å². The summed E-state index contributed by atoms with van der Waals surface area (Å²) >= 11 is 0. The zero-order valence-electron chi connectivity index (χ0n) is 13.6. The maximum Gasteiger partial charge on any atom is 0.257 e. The summed E-state index contributed by atoms with van der Waals surface area (Å²) in [4.78, 5) is 12.7. The molecule has 0 radical (unpaired) electrons. The van der Waals surface area contributed by atoms with Gasteiger partial charge in [-0.3, -0.25) is 4.79 Å². The van der Waals surface area contributed by atoms with Gasteiger partial charge in [0.15, 0.2) is 9.84 Å². The Balaban J connectivity index is 2.46. The van der Waals surface area contributed by atoms with Crippen molar-refractivity contribution in [2.24, 2.45) is 0 Å². The van der Waals surface area contributed by atoms with Crippen LogP contribution in [-0.4, -0.2) is 20.6 Å². The van der Waals surface area contributed by atoms with Crippen LogP contribution in [0.5, 0.6) is 0 Å². The second kappa shape index (κ2) is 6.96. The van der Waals surface area contributed by atoms with Crippen LogP contribution in [0.1, 0.15) is 35.3 Å². The number of para-hydroxylation sites is 1. The van der Waals surface area contributed by atoms with Gasteiger partial charge in [0.1, 0.15) is 0 Å². The summed E-state index contributed by atoms with van der Waals surface area (Å²) in [7, 11) is -3.46. The van der Waals surface area contributed by atoms with Crippen LogP contribution in [-0.2, 0) is 22.7 Å². The molecule has 0 unspecified atom stereocenters. The number of carbonyl (C=O) groups excluding carboxylic acids is 1. The minimum absolute atomic E-state index is 0.0459. The zero-order valence-corrected chi connectivity index (χ0v) is 14.4. The summed E-state index contributed by atoms with van der Waals surface area (Å²) in [6, 6.07) is 12.2. The average molecular weight is 331 g/mol. The molecule has 1 amide bonds. The molecule has 2 rings (SSSR count). The van der Waals surface area contributed by atoms with E-state index in [1.54, 1.807) is 12.1 Å². The van der Waals surface area contributed by atoms with Gasteiger partial charge in [0.25, 0.3) is 5.91 Å². The molecule has 0 aromatic heterocycles. The van der Waals surface area contributed by atoms with E-state index in [4.69, 9.17) is 0 Å². The van der Waals surface area contributed by atoms with Crippen molar-refractivity contribution in [1.29, 1.82) is 0 Å². The van der Waals surface area contributed by atoms with Gasteiger partial charge in [-0.05, 0) is 36.1 Å². The highest BCUT2D eigenvalue weighted by Crippen LogP contribution is 2.24. The van der Waals surface area contributed by atoms with Crippen LogP contribution >= 0.6 is 0 Å². The number of rotatable bonds is 5. The lowest BCUT2D eigenvalue weighted by Crippen LogP contribution is -2.18. The van der Waals surface area contributed by atoms with E-state index in [1.807, 2.05) is 32.0 Å². The van der Waals surface area contributed by atoms with Gasteiger partial charge in [-0.15, -0.1) is 0 Å². The second-order valence-electron chi connectivity index (χ2n) is 5.38. The third-order valence-corrected chi connectivity index (χ3v) is 4.92. The fourth-order valence-corrected chi connectivity index (χ4v) is 3.45. The van der Waals surface area contributed by atoms with E-state index in [9.17, 15) is 13.2 Å². The Kier molecular flexibility index (Phi) is 5.21. The fourth-order valence-electron chi connectivity index (χ4n) is 2.56. The van der Waals surface area contributed by atoms with E-state index in [-0.39, 0.29) is 10.5 Å². The minimum atomic E-state index is -3.46. The van der Waals surface area contributed by atoms with Crippen molar-refractivity contribution in [2.75, 3.05) is 11.6 Å². The first-order chi connectivity index (χ1) is 10.9. The number of aryl methyl sites for hydroxylation is 2. The summed E-state index contributed by atoms with van der Waals surface area (Å²) in [6.07, 6.45) is 2.69. The van der Waals surface area contributed by atoms with E-state index < -0.39 is 15.7 Å². The Labute approximate surface area is 137 Å². The molecule has 1 N–H and O–H groups in total. The number of hydrogen-bond acceptors (Lipinski definition) is 3. The molecule has 0 aliphatic heterocycles. The molecule has 122 valence electrons. The molecule has 0 saturated carbocycles. The van der Waals surface area contributed by atoms with E-state index in [0.29, 0.717) is 0 Å². The van der Waals surface area contributed by atoms with Crippen molar-refractivity contribution in [3.05, 3.63) is 59.2 Å². The lowest BCUT2D eigenvalue weighted by Gasteiger charge is -2.15. The molecule has 0 atom stereocenters. The molecule has 0 fully saturated rings. The van der Waals surface area contributed by atoms with E-state index >= 15 is 0 Å². The lowest BCUT2D eigenvalue weighted by molar-refractivity contribution is 0.102. The van der Waals surface area contributed by atoms with Crippen LogP contribution in [0.3, 0.4) is 0 Å². The maximum absolute atomic E-state index is 12.6. The molecule has 4 nitrogen and oxygen atoms in total. The second-order valence-corrected chi connectivity index (χ2v) is 7.36. The molecule has 2 aromatic carbocycles. The Morgan fingerprint density at radius 3 is 2.04 bits per heavy atom. The van der Waals surface area contributed by atoms with Gasteiger partial charge in [-0.2, -0.15) is 0 Å². The highest BCUT2D eigenvalue weighted by molar-refractivity contribution is 7.90. The predicted molar refractivity (Wildman–Crippen MR) is 92.7 cm³/mol. The standard InChI is InChI=1S/C18H21NO3S/c1-4-13-9-8-10-14(5-2)17(13)19-18(20)15-11-6-7-12-16(15)23(3,21)22/h6-12H,4-5H2,1-3H3,(H,19,20). The molecule has 0 aliphatic rings. The van der Waals surface area contributed by atoms with Crippen molar-refractivity contribution >= 4 is 21.4 Å². The Morgan fingerprint density at radius 2 is 1.52 bits per heavy atom. The quantitative estimate of drug-likeness (QED) is 0.912. The first kappa shape index (κ1) is 17.2. The number of carbonyl (C=O) groups is 1. The Morgan fingerprint density at radius 1 is 0.957 bits per heavy atom. The topological polar surface area (TPSA) is 63.2 Å². The number of nitrogens with one attached hydrogen (secondary N) is 1. The number of benzene rings is 2. The molecular formula is C18H21NO3S. The van der Waals surface area contributed by atoms with Crippen LogP contribution in [0.15, 0.2) is 47.4 Å². The zero-order chi connectivity index (χ0) is 17.0. The van der Waals surface area contributed by atoms with E-state index in [0.717, 1.165) is 35.9 Å². The first-order valence-electron chi connectivity index (χ1n) is 7.59. The number of sulfone groups is 1. The van der Waals surface area contributed by atoms with Gasteiger partial charge in [0, 0.05) is 11.9 Å². The largest absolute Gasteiger partial charge is 0.321 e. The normalized spacial score (nSPS) is 11.3. The fraction of sp³-hybridized carbons (Fsp3) is 0.278. The molecule has 0 aliphatic carbocycles. The summed E-state index contributed by atoms with van der Waals surface area (Å²) in [6.45, 7) is 4.05. The molecule has 0 spiro atoms. The number of hydrogen-bond donors (Lipinski definition) is 1. The molecule has 0 heterocycles. The summed E-state index contributed by atoms with van der Waals surface area (Å²) in [5, 5.41) is 2.91. The van der Waals surface area contributed by atoms with Gasteiger partial charge < -0.3 is 5.32 Å². The van der Waals surface area contributed by atoms with Crippen LogP contribution in [0.2, 0.25) is 0 Å². The van der Waals surface area contributed by atoms with Crippen LogP contribution < -0.4 is 5.32 Å². The minimum Gasteiger partial charge on any atom is -0.321 e. The summed E-state index contributed by atoms with van der Waals surface area (Å²) < 4.78 is 23.8. The van der Waals surface area contributed by atoms with Crippen molar-refractivity contribution in [3.63, 3.8) is 0 Å². The van der Waals surface area contributed by atoms with Gasteiger partial charge in [-0.1, -0.05) is 44.2 Å². The SMILES string of the molecule is CCc1cccc(CC)c1NC(=O)c1ccccc1S(C)(=O)=O. The van der Waals surface area contributed by atoms with Crippen LogP contribution in [0, 0.1) is 0 Å². The summed E-state index contributed by atoms with van der Waals surface area (Å²) in [5.74, 6) is -0.401. The molecule has 2 aromatic rings. The third kappa shape index (κ3) is 3.79. The van der Waals surface area contributed by atoms with Crippen molar-refractivity contribution in [1.82, 2.24) is 0 Å². The Bertz CT molecular complexity index is 804. The van der Waals surface area contributed by atoms with Gasteiger partial charge >= 0.3 is 0 Å². The van der Waals surface area contributed by atoms with E-state index in [2.05, 4.69) is 5.32 Å². The number of amides is 1. The van der Waals surface area contributed by atoms with E-state index in [1.165, 1.54) is 12.1 Å². The van der Waals surface area contributed by atoms with Crippen molar-refractivity contribution in [3.8, 4) is 0 Å². The third-order valence-electron chi connectivity index (χ3n) is 3.77. The van der Waals surface area contributed by atoms with Crippen molar-refractivity contribution in [2.45, 2.75) is 31.6 Å². The average Bonchev–Trinajstić information content (AvgIpc) is 2.54. The number of anilines is 1. The molecule has 0 bridgehead atoms. The highest BCUT2D eigenvalue weighted by Gasteiger charge is 2.19. The first-order valence-corrected chi connectivity index (χ1v) is 9.48. The Hall–Kier alpha value is -2.14. The van der Waals surface area contributed by atoms with Gasteiger partial charge in [0.2, 0.25) is 0 Å². The predicted octanol–water partition coefficient (Wildman–Crippen LogP) is 3.47.